The van der Waals surface area contributed by atoms with Crippen molar-refractivity contribution < 1.29 is 17.9 Å². The number of benzene rings is 2. The minimum Gasteiger partial charge on any atom is -0.492 e. The minimum atomic E-state index is -3.21. The van der Waals surface area contributed by atoms with Gasteiger partial charge in [-0.2, -0.15) is 0 Å². The fraction of sp³-hybridized carbons (Fsp3) is 0.188. The van der Waals surface area contributed by atoms with Gasteiger partial charge >= 0.3 is 6.03 Å². The van der Waals surface area contributed by atoms with Crippen LogP contribution in [0.5, 0.6) is 5.75 Å². The lowest BCUT2D eigenvalue weighted by atomic mass is 10.3. The highest BCUT2D eigenvalue weighted by Gasteiger charge is 2.06. The molecule has 0 aliphatic carbocycles. The van der Waals surface area contributed by atoms with Gasteiger partial charge in [-0.25, -0.2) is 13.2 Å². The number of carbonyl (C=O) groups is 1. The van der Waals surface area contributed by atoms with Crippen molar-refractivity contribution in [3.05, 3.63) is 54.6 Å². The Hall–Kier alpha value is -2.54. The second kappa shape index (κ2) is 7.64. The molecule has 0 atom stereocenters. The van der Waals surface area contributed by atoms with Crippen molar-refractivity contribution in [1.82, 2.24) is 5.32 Å². The lowest BCUT2D eigenvalue weighted by molar-refractivity contribution is 0.247. The Bertz CT molecular complexity index is 743. The first-order valence-corrected chi connectivity index (χ1v) is 8.87. The lowest BCUT2D eigenvalue weighted by Crippen LogP contribution is -2.32. The third-order valence-corrected chi connectivity index (χ3v) is 4.07. The van der Waals surface area contributed by atoms with Gasteiger partial charge in [0, 0.05) is 11.9 Å². The van der Waals surface area contributed by atoms with E-state index in [2.05, 4.69) is 10.6 Å². The van der Waals surface area contributed by atoms with E-state index in [0.717, 1.165) is 6.26 Å². The fourth-order valence-corrected chi connectivity index (χ4v) is 2.44. The third-order valence-electron chi connectivity index (χ3n) is 2.94. The van der Waals surface area contributed by atoms with E-state index in [1.807, 2.05) is 18.2 Å². The summed E-state index contributed by atoms with van der Waals surface area (Å²) in [5, 5.41) is 5.36. The molecule has 23 heavy (non-hydrogen) atoms. The van der Waals surface area contributed by atoms with Gasteiger partial charge < -0.3 is 15.4 Å². The van der Waals surface area contributed by atoms with Crippen LogP contribution in [-0.2, 0) is 9.84 Å². The van der Waals surface area contributed by atoms with Crippen LogP contribution in [0.3, 0.4) is 0 Å². The third kappa shape index (κ3) is 5.63. The zero-order valence-corrected chi connectivity index (χ0v) is 13.5. The van der Waals surface area contributed by atoms with Crippen molar-refractivity contribution in [2.45, 2.75) is 4.90 Å². The highest BCUT2D eigenvalue weighted by molar-refractivity contribution is 7.90. The van der Waals surface area contributed by atoms with Crippen molar-refractivity contribution in [3.8, 4) is 5.75 Å². The predicted octanol–water partition coefficient (Wildman–Crippen LogP) is 2.29. The SMILES string of the molecule is CS(=O)(=O)c1ccc(OCCNC(=O)Nc2ccccc2)cc1. The van der Waals surface area contributed by atoms with E-state index < -0.39 is 9.84 Å². The molecule has 0 saturated heterocycles. The van der Waals surface area contributed by atoms with E-state index in [1.54, 1.807) is 24.3 Å². The summed E-state index contributed by atoms with van der Waals surface area (Å²) in [7, 11) is -3.21. The van der Waals surface area contributed by atoms with Crippen LogP contribution < -0.4 is 15.4 Å². The molecule has 0 heterocycles. The number of carbonyl (C=O) groups excluding carboxylic acids is 1. The van der Waals surface area contributed by atoms with Gasteiger partial charge in [-0.1, -0.05) is 18.2 Å². The van der Waals surface area contributed by atoms with Crippen LogP contribution in [-0.4, -0.2) is 33.9 Å². The van der Waals surface area contributed by atoms with Gasteiger partial charge in [0.05, 0.1) is 11.4 Å². The first kappa shape index (κ1) is 16.8. The molecule has 7 heteroatoms. The Morgan fingerprint density at radius 1 is 1.04 bits per heavy atom. The molecule has 0 spiro atoms. The van der Waals surface area contributed by atoms with E-state index in [1.165, 1.54) is 12.1 Å². The average molecular weight is 334 g/mol. The number of urea groups is 1. The lowest BCUT2D eigenvalue weighted by Gasteiger charge is -2.09. The van der Waals surface area contributed by atoms with Crippen LogP contribution in [0.25, 0.3) is 0 Å². The normalized spacial score (nSPS) is 10.8. The number of para-hydroxylation sites is 1. The van der Waals surface area contributed by atoms with Crippen molar-refractivity contribution in [1.29, 1.82) is 0 Å². The van der Waals surface area contributed by atoms with Gasteiger partial charge in [0.25, 0.3) is 0 Å². The first-order valence-electron chi connectivity index (χ1n) is 6.98. The maximum atomic E-state index is 11.6. The fourth-order valence-electron chi connectivity index (χ4n) is 1.81. The quantitative estimate of drug-likeness (QED) is 0.794. The van der Waals surface area contributed by atoms with Crippen molar-refractivity contribution in [2.75, 3.05) is 24.7 Å². The van der Waals surface area contributed by atoms with Gasteiger partial charge in [0.2, 0.25) is 0 Å². The van der Waals surface area contributed by atoms with Crippen molar-refractivity contribution in [2.24, 2.45) is 0 Å². The van der Waals surface area contributed by atoms with Crippen LogP contribution in [0.1, 0.15) is 0 Å². The van der Waals surface area contributed by atoms with Crippen LogP contribution in [0.15, 0.2) is 59.5 Å². The number of hydrogen-bond acceptors (Lipinski definition) is 4. The number of anilines is 1. The average Bonchev–Trinajstić information content (AvgIpc) is 2.52. The summed E-state index contributed by atoms with van der Waals surface area (Å²) in [6.07, 6.45) is 1.15. The molecule has 2 rings (SSSR count). The van der Waals surface area contributed by atoms with Crippen molar-refractivity contribution >= 4 is 21.6 Å². The van der Waals surface area contributed by atoms with Gasteiger partial charge in [-0.05, 0) is 36.4 Å². The molecule has 0 saturated carbocycles. The Balaban J connectivity index is 1.72. The molecule has 0 unspecified atom stereocenters. The topological polar surface area (TPSA) is 84.5 Å². The zero-order valence-electron chi connectivity index (χ0n) is 12.7. The number of ether oxygens (including phenoxy) is 1. The van der Waals surface area contributed by atoms with Gasteiger partial charge in [0.1, 0.15) is 12.4 Å². The standard InChI is InChI=1S/C16H18N2O4S/c1-23(20,21)15-9-7-14(8-10-15)22-12-11-17-16(19)18-13-5-3-2-4-6-13/h2-10H,11-12H2,1H3,(H2,17,18,19). The van der Waals surface area contributed by atoms with E-state index >= 15 is 0 Å². The molecule has 0 bridgehead atoms. The molecule has 2 N–H and O–H groups in total. The summed E-state index contributed by atoms with van der Waals surface area (Å²) in [4.78, 5) is 11.9. The Morgan fingerprint density at radius 3 is 2.30 bits per heavy atom. The highest BCUT2D eigenvalue weighted by Crippen LogP contribution is 2.15. The molecule has 0 aliphatic rings. The van der Waals surface area contributed by atoms with Crippen LogP contribution in [0.4, 0.5) is 10.5 Å². The molecule has 2 aromatic carbocycles. The summed E-state index contributed by atoms with van der Waals surface area (Å²) < 4.78 is 28.1. The number of amides is 2. The number of sulfone groups is 1. The molecule has 6 nitrogen and oxygen atoms in total. The summed E-state index contributed by atoms with van der Waals surface area (Å²) in [5.41, 5.74) is 0.710. The maximum absolute atomic E-state index is 11.6. The molecular formula is C16H18N2O4S. The second-order valence-corrected chi connectivity index (χ2v) is 6.85. The van der Waals surface area contributed by atoms with Crippen molar-refractivity contribution in [3.63, 3.8) is 0 Å². The van der Waals surface area contributed by atoms with Gasteiger partial charge in [-0.15, -0.1) is 0 Å². The molecule has 0 fully saturated rings. The number of hydrogen-bond donors (Lipinski definition) is 2. The van der Waals surface area contributed by atoms with Crippen LogP contribution in [0.2, 0.25) is 0 Å². The minimum absolute atomic E-state index is 0.241. The van der Waals surface area contributed by atoms with E-state index in [-0.39, 0.29) is 17.5 Å². The monoisotopic (exact) mass is 334 g/mol. The van der Waals surface area contributed by atoms with E-state index in [4.69, 9.17) is 4.74 Å². The molecule has 2 aromatic rings. The van der Waals surface area contributed by atoms with Gasteiger partial charge in [-0.3, -0.25) is 0 Å². The number of nitrogens with one attached hydrogen (secondary N) is 2. The second-order valence-electron chi connectivity index (χ2n) is 4.84. The Labute approximate surface area is 135 Å². The van der Waals surface area contributed by atoms with Crippen LogP contribution >= 0.6 is 0 Å². The zero-order chi connectivity index (χ0) is 16.7. The maximum Gasteiger partial charge on any atom is 0.319 e. The molecular weight excluding hydrogens is 316 g/mol. The number of rotatable bonds is 6. The molecule has 0 aromatic heterocycles. The first-order chi connectivity index (χ1) is 10.9. The summed E-state index contributed by atoms with van der Waals surface area (Å²) in [6, 6.07) is 14.9. The summed E-state index contributed by atoms with van der Waals surface area (Å²) >= 11 is 0. The summed E-state index contributed by atoms with van der Waals surface area (Å²) in [6.45, 7) is 0.604. The Morgan fingerprint density at radius 2 is 1.70 bits per heavy atom. The molecule has 2 amide bonds. The molecule has 122 valence electrons. The summed E-state index contributed by atoms with van der Waals surface area (Å²) in [5.74, 6) is 0.544. The van der Waals surface area contributed by atoms with Gasteiger partial charge in [0.15, 0.2) is 9.84 Å². The van der Waals surface area contributed by atoms with E-state index in [9.17, 15) is 13.2 Å². The molecule has 0 aliphatic heterocycles. The van der Waals surface area contributed by atoms with Crippen LogP contribution in [0, 0.1) is 0 Å². The smallest absolute Gasteiger partial charge is 0.319 e. The van der Waals surface area contributed by atoms with E-state index in [0.29, 0.717) is 18.0 Å². The Kier molecular flexibility index (Phi) is 5.59. The largest absolute Gasteiger partial charge is 0.492 e. The highest BCUT2D eigenvalue weighted by atomic mass is 32.2. The predicted molar refractivity (Wildman–Crippen MR) is 88.5 cm³/mol. The molecule has 0 radical (unpaired) electrons.